The van der Waals surface area contributed by atoms with E-state index < -0.39 is 6.10 Å². The summed E-state index contributed by atoms with van der Waals surface area (Å²) in [5.41, 5.74) is 2.15. The number of methoxy groups -OCH3 is 1. The highest BCUT2D eigenvalue weighted by atomic mass is 16.5. The third-order valence-electron chi connectivity index (χ3n) is 3.84. The third kappa shape index (κ3) is 4.58. The number of rotatable bonds is 7. The summed E-state index contributed by atoms with van der Waals surface area (Å²) in [6.07, 6.45) is -0.478. The van der Waals surface area contributed by atoms with Crippen LogP contribution in [0.25, 0.3) is 0 Å². The lowest BCUT2D eigenvalue weighted by Gasteiger charge is -2.29. The number of hydrogen-bond acceptors (Lipinski definition) is 3. The summed E-state index contributed by atoms with van der Waals surface area (Å²) >= 11 is 0. The number of hydrogen-bond donors (Lipinski definition) is 1. The van der Waals surface area contributed by atoms with E-state index in [0.717, 1.165) is 17.9 Å². The molecule has 0 aromatic heterocycles. The Morgan fingerprint density at radius 1 is 1.05 bits per heavy atom. The molecule has 0 aliphatic rings. The van der Waals surface area contributed by atoms with Gasteiger partial charge in [0.05, 0.1) is 13.2 Å². The van der Waals surface area contributed by atoms with Gasteiger partial charge >= 0.3 is 0 Å². The van der Waals surface area contributed by atoms with Gasteiger partial charge in [-0.05, 0) is 37.1 Å². The summed E-state index contributed by atoms with van der Waals surface area (Å²) in [5.74, 6) is 0.866. The summed E-state index contributed by atoms with van der Waals surface area (Å²) in [6.45, 7) is 5.70. The maximum absolute atomic E-state index is 10.5. The van der Waals surface area contributed by atoms with E-state index in [4.69, 9.17) is 4.74 Å². The number of aliphatic hydroxyl groups excluding tert-OH is 1. The van der Waals surface area contributed by atoms with Crippen LogP contribution in [-0.4, -0.2) is 29.7 Å². The monoisotopic (exact) mass is 299 g/mol. The second-order valence-electron chi connectivity index (χ2n) is 5.80. The molecule has 0 aliphatic carbocycles. The smallest absolute Gasteiger partial charge is 0.119 e. The molecule has 3 nitrogen and oxygen atoms in total. The molecule has 2 rings (SSSR count). The Balaban J connectivity index is 2.06. The molecule has 1 atom stereocenters. The van der Waals surface area contributed by atoms with Gasteiger partial charge < -0.3 is 9.84 Å². The van der Waals surface area contributed by atoms with Gasteiger partial charge in [0.25, 0.3) is 0 Å². The Bertz CT molecular complexity index is 569. The predicted molar refractivity (Wildman–Crippen MR) is 89.9 cm³/mol. The van der Waals surface area contributed by atoms with E-state index in [1.165, 1.54) is 5.56 Å². The van der Waals surface area contributed by atoms with Crippen LogP contribution in [-0.2, 0) is 6.54 Å². The lowest BCUT2D eigenvalue weighted by atomic mass is 10.1. The van der Waals surface area contributed by atoms with Crippen LogP contribution >= 0.6 is 0 Å². The number of ether oxygens (including phenoxy) is 1. The molecule has 0 unspecified atom stereocenters. The van der Waals surface area contributed by atoms with Crippen LogP contribution in [0.15, 0.2) is 54.6 Å². The van der Waals surface area contributed by atoms with Gasteiger partial charge in [-0.1, -0.05) is 42.5 Å². The fourth-order valence-corrected chi connectivity index (χ4v) is 2.47. The molecule has 118 valence electrons. The molecule has 0 amide bonds. The van der Waals surface area contributed by atoms with E-state index in [0.29, 0.717) is 12.6 Å². The van der Waals surface area contributed by atoms with Crippen LogP contribution in [0.1, 0.15) is 31.1 Å². The summed E-state index contributed by atoms with van der Waals surface area (Å²) in [7, 11) is 1.68. The second-order valence-corrected chi connectivity index (χ2v) is 5.80. The summed E-state index contributed by atoms with van der Waals surface area (Å²) < 4.78 is 5.28. The molecule has 0 saturated heterocycles. The zero-order valence-corrected chi connectivity index (χ0v) is 13.6. The minimum Gasteiger partial charge on any atom is -0.497 e. The van der Waals surface area contributed by atoms with Gasteiger partial charge in [0.1, 0.15) is 5.75 Å². The van der Waals surface area contributed by atoms with Gasteiger partial charge in [0.2, 0.25) is 0 Å². The lowest BCUT2D eigenvalue weighted by Crippen LogP contribution is -2.34. The molecule has 0 radical (unpaired) electrons. The van der Waals surface area contributed by atoms with Crippen molar-refractivity contribution in [3.05, 3.63) is 65.7 Å². The van der Waals surface area contributed by atoms with Crippen LogP contribution in [0.3, 0.4) is 0 Å². The zero-order chi connectivity index (χ0) is 15.9. The summed E-state index contributed by atoms with van der Waals surface area (Å²) in [4.78, 5) is 2.27. The highest BCUT2D eigenvalue weighted by molar-refractivity contribution is 5.28. The molecule has 0 fully saturated rings. The first-order valence-corrected chi connectivity index (χ1v) is 7.70. The van der Waals surface area contributed by atoms with E-state index in [2.05, 4.69) is 24.8 Å². The van der Waals surface area contributed by atoms with Crippen LogP contribution in [0.5, 0.6) is 5.75 Å². The standard InChI is InChI=1S/C19H25NO2/c1-15(2)20(13-16-8-7-11-18(12-16)22-3)14-19(21)17-9-5-4-6-10-17/h4-12,15,19,21H,13-14H2,1-3H3/t19-/m0/s1. The molecule has 0 saturated carbocycles. The third-order valence-corrected chi connectivity index (χ3v) is 3.84. The van der Waals surface area contributed by atoms with Gasteiger partial charge in [-0.3, -0.25) is 4.90 Å². The lowest BCUT2D eigenvalue weighted by molar-refractivity contribution is 0.0907. The molecular weight excluding hydrogens is 274 g/mol. The quantitative estimate of drug-likeness (QED) is 0.847. The van der Waals surface area contributed by atoms with Crippen LogP contribution < -0.4 is 4.74 Å². The number of benzene rings is 2. The first-order valence-electron chi connectivity index (χ1n) is 7.70. The fraction of sp³-hybridized carbons (Fsp3) is 0.368. The zero-order valence-electron chi connectivity index (χ0n) is 13.6. The fourth-order valence-electron chi connectivity index (χ4n) is 2.47. The van der Waals surface area contributed by atoms with Gasteiger partial charge in [0, 0.05) is 19.1 Å². The molecule has 0 spiro atoms. The van der Waals surface area contributed by atoms with Crippen molar-refractivity contribution in [2.45, 2.75) is 32.5 Å². The number of nitrogens with zero attached hydrogens (tertiary/aromatic N) is 1. The van der Waals surface area contributed by atoms with Gasteiger partial charge in [-0.15, -0.1) is 0 Å². The maximum Gasteiger partial charge on any atom is 0.119 e. The normalized spacial score (nSPS) is 12.6. The van der Waals surface area contributed by atoms with Crippen LogP contribution in [0.4, 0.5) is 0 Å². The van der Waals surface area contributed by atoms with Crippen LogP contribution in [0, 0.1) is 0 Å². The van der Waals surface area contributed by atoms with E-state index >= 15 is 0 Å². The van der Waals surface area contributed by atoms with Crippen molar-refractivity contribution in [3.63, 3.8) is 0 Å². The highest BCUT2D eigenvalue weighted by Gasteiger charge is 2.16. The van der Waals surface area contributed by atoms with Crippen molar-refractivity contribution in [1.29, 1.82) is 0 Å². The van der Waals surface area contributed by atoms with Crippen molar-refractivity contribution < 1.29 is 9.84 Å². The molecule has 1 N–H and O–H groups in total. The Labute approximate surface area is 133 Å². The average molecular weight is 299 g/mol. The SMILES string of the molecule is COc1cccc(CN(C[C@H](O)c2ccccc2)C(C)C)c1. The largest absolute Gasteiger partial charge is 0.497 e. The van der Waals surface area contributed by atoms with Crippen molar-refractivity contribution in [3.8, 4) is 5.75 Å². The number of aliphatic hydroxyl groups is 1. The van der Waals surface area contributed by atoms with E-state index in [1.807, 2.05) is 48.5 Å². The Hall–Kier alpha value is -1.84. The van der Waals surface area contributed by atoms with Crippen molar-refractivity contribution in [1.82, 2.24) is 4.90 Å². The Kier molecular flexibility index (Phi) is 5.99. The Morgan fingerprint density at radius 3 is 2.41 bits per heavy atom. The van der Waals surface area contributed by atoms with E-state index in [9.17, 15) is 5.11 Å². The molecular formula is C19H25NO2. The predicted octanol–water partition coefficient (Wildman–Crippen LogP) is 3.64. The van der Waals surface area contributed by atoms with E-state index in [-0.39, 0.29) is 0 Å². The minimum absolute atomic E-state index is 0.351. The van der Waals surface area contributed by atoms with Gasteiger partial charge in [0.15, 0.2) is 0 Å². The van der Waals surface area contributed by atoms with Gasteiger partial charge in [-0.2, -0.15) is 0 Å². The Morgan fingerprint density at radius 2 is 1.77 bits per heavy atom. The van der Waals surface area contributed by atoms with Gasteiger partial charge in [-0.25, -0.2) is 0 Å². The molecule has 0 aliphatic heterocycles. The summed E-state index contributed by atoms with van der Waals surface area (Å²) in [5, 5.41) is 10.5. The average Bonchev–Trinajstić information content (AvgIpc) is 2.55. The second kappa shape index (κ2) is 7.97. The molecule has 22 heavy (non-hydrogen) atoms. The molecule has 2 aromatic rings. The van der Waals surface area contributed by atoms with E-state index in [1.54, 1.807) is 7.11 Å². The first kappa shape index (κ1) is 16.5. The molecule has 0 heterocycles. The molecule has 3 heteroatoms. The first-order chi connectivity index (χ1) is 10.6. The topological polar surface area (TPSA) is 32.7 Å². The molecule has 0 bridgehead atoms. The maximum atomic E-state index is 10.5. The van der Waals surface area contributed by atoms with Crippen LogP contribution in [0.2, 0.25) is 0 Å². The highest BCUT2D eigenvalue weighted by Crippen LogP contribution is 2.19. The minimum atomic E-state index is -0.478. The van der Waals surface area contributed by atoms with Crippen molar-refractivity contribution in [2.24, 2.45) is 0 Å². The van der Waals surface area contributed by atoms with Crippen molar-refractivity contribution >= 4 is 0 Å². The molecule has 2 aromatic carbocycles. The van der Waals surface area contributed by atoms with Crippen molar-refractivity contribution in [2.75, 3.05) is 13.7 Å². The summed E-state index contributed by atoms with van der Waals surface area (Å²) in [6, 6.07) is 18.3.